The topological polar surface area (TPSA) is 83.5 Å². The SMILES string of the molecule is Cc1ccccc1-c1ccc(F)c(CNc2ccc(S(=O)(=O)CC(=O)O)cc2)c1. The number of aryl methyl sites for hydroxylation is 1. The van der Waals surface area contributed by atoms with Crippen LogP contribution in [-0.2, 0) is 21.2 Å². The highest BCUT2D eigenvalue weighted by molar-refractivity contribution is 7.92. The Morgan fingerprint density at radius 1 is 1.03 bits per heavy atom. The molecule has 3 aromatic rings. The Kier molecular flexibility index (Phi) is 5.98. The van der Waals surface area contributed by atoms with Gasteiger partial charge in [-0.15, -0.1) is 0 Å². The number of anilines is 1. The van der Waals surface area contributed by atoms with Crippen molar-refractivity contribution >= 4 is 21.5 Å². The van der Waals surface area contributed by atoms with Gasteiger partial charge in [-0.25, -0.2) is 12.8 Å². The molecule has 0 radical (unpaired) electrons. The molecule has 0 saturated heterocycles. The summed E-state index contributed by atoms with van der Waals surface area (Å²) in [4.78, 5) is 10.6. The molecule has 0 fully saturated rings. The van der Waals surface area contributed by atoms with Gasteiger partial charge in [0.2, 0.25) is 0 Å². The van der Waals surface area contributed by atoms with Crippen molar-refractivity contribution in [3.05, 3.63) is 83.7 Å². The zero-order valence-electron chi connectivity index (χ0n) is 15.7. The molecule has 29 heavy (non-hydrogen) atoms. The number of nitrogens with one attached hydrogen (secondary N) is 1. The molecule has 0 saturated carbocycles. The van der Waals surface area contributed by atoms with Gasteiger partial charge in [0.05, 0.1) is 4.90 Å². The van der Waals surface area contributed by atoms with Gasteiger partial charge in [0.1, 0.15) is 5.82 Å². The molecular weight excluding hydrogens is 393 g/mol. The fraction of sp³-hybridized carbons (Fsp3) is 0.136. The molecule has 0 aliphatic rings. The molecule has 0 heterocycles. The largest absolute Gasteiger partial charge is 0.480 e. The molecule has 2 N–H and O–H groups in total. The third-order valence-electron chi connectivity index (χ3n) is 4.51. The second-order valence-corrected chi connectivity index (χ2v) is 8.64. The molecule has 0 bridgehead atoms. The van der Waals surface area contributed by atoms with Gasteiger partial charge >= 0.3 is 5.97 Å². The van der Waals surface area contributed by atoms with E-state index in [-0.39, 0.29) is 17.3 Å². The van der Waals surface area contributed by atoms with Crippen LogP contribution in [0.5, 0.6) is 0 Å². The summed E-state index contributed by atoms with van der Waals surface area (Å²) in [5.74, 6) is -2.71. The van der Waals surface area contributed by atoms with Crippen LogP contribution >= 0.6 is 0 Å². The van der Waals surface area contributed by atoms with Crippen LogP contribution in [0.1, 0.15) is 11.1 Å². The normalized spacial score (nSPS) is 11.2. The van der Waals surface area contributed by atoms with E-state index in [4.69, 9.17) is 5.11 Å². The molecule has 150 valence electrons. The monoisotopic (exact) mass is 413 g/mol. The number of hydrogen-bond donors (Lipinski definition) is 2. The van der Waals surface area contributed by atoms with Crippen molar-refractivity contribution in [1.29, 1.82) is 0 Å². The fourth-order valence-corrected chi connectivity index (χ4v) is 4.04. The lowest BCUT2D eigenvalue weighted by Gasteiger charge is -2.11. The molecule has 0 aromatic heterocycles. The van der Waals surface area contributed by atoms with E-state index in [1.54, 1.807) is 12.1 Å². The predicted octanol–water partition coefficient (Wildman–Crippen LogP) is 4.27. The van der Waals surface area contributed by atoms with Gasteiger partial charge in [-0.1, -0.05) is 30.3 Å². The van der Waals surface area contributed by atoms with E-state index in [1.807, 2.05) is 31.2 Å². The Morgan fingerprint density at radius 2 is 1.72 bits per heavy atom. The highest BCUT2D eigenvalue weighted by Crippen LogP contribution is 2.26. The van der Waals surface area contributed by atoms with Gasteiger partial charge in [-0.05, 0) is 60.0 Å². The maximum atomic E-state index is 14.3. The first-order valence-corrected chi connectivity index (χ1v) is 10.5. The third kappa shape index (κ3) is 5.00. The number of carbonyl (C=O) groups is 1. The average Bonchev–Trinajstić information content (AvgIpc) is 2.67. The number of carboxylic acid groups (broad SMARTS) is 1. The lowest BCUT2D eigenvalue weighted by Crippen LogP contribution is -2.15. The van der Waals surface area contributed by atoms with Crippen LogP contribution in [0.2, 0.25) is 0 Å². The van der Waals surface area contributed by atoms with Crippen LogP contribution in [0.4, 0.5) is 10.1 Å². The molecule has 0 unspecified atom stereocenters. The quantitative estimate of drug-likeness (QED) is 0.604. The van der Waals surface area contributed by atoms with Gasteiger partial charge in [0, 0.05) is 17.8 Å². The smallest absolute Gasteiger partial charge is 0.319 e. The third-order valence-corrected chi connectivity index (χ3v) is 6.13. The van der Waals surface area contributed by atoms with Crippen molar-refractivity contribution in [2.24, 2.45) is 0 Å². The van der Waals surface area contributed by atoms with Gasteiger partial charge < -0.3 is 10.4 Å². The summed E-state index contributed by atoms with van der Waals surface area (Å²) in [6, 6.07) is 18.5. The maximum absolute atomic E-state index is 14.3. The van der Waals surface area contributed by atoms with Crippen LogP contribution in [-0.4, -0.2) is 25.2 Å². The molecule has 3 aromatic carbocycles. The number of sulfone groups is 1. The number of rotatable bonds is 7. The molecule has 0 aliphatic carbocycles. The fourth-order valence-electron chi connectivity index (χ4n) is 3.00. The molecule has 0 aliphatic heterocycles. The second kappa shape index (κ2) is 8.45. The molecule has 0 atom stereocenters. The molecular formula is C22H20FNO4S. The number of halogens is 1. The summed E-state index contributed by atoms with van der Waals surface area (Å²) in [5.41, 5.74) is 4.11. The summed E-state index contributed by atoms with van der Waals surface area (Å²) < 4.78 is 38.1. The number of carboxylic acids is 1. The van der Waals surface area contributed by atoms with E-state index >= 15 is 0 Å². The predicted molar refractivity (Wildman–Crippen MR) is 110 cm³/mol. The second-order valence-electron chi connectivity index (χ2n) is 6.65. The Labute approximate surface area is 168 Å². The van der Waals surface area contributed by atoms with E-state index in [0.29, 0.717) is 11.3 Å². The van der Waals surface area contributed by atoms with E-state index in [9.17, 15) is 17.6 Å². The summed E-state index contributed by atoms with van der Waals surface area (Å²) in [5, 5.41) is 11.8. The van der Waals surface area contributed by atoms with Gasteiger partial charge in [0.15, 0.2) is 15.6 Å². The Morgan fingerprint density at radius 3 is 2.38 bits per heavy atom. The molecule has 5 nitrogen and oxygen atoms in total. The lowest BCUT2D eigenvalue weighted by molar-refractivity contribution is -0.134. The summed E-state index contributed by atoms with van der Waals surface area (Å²) in [6.07, 6.45) is 0. The van der Waals surface area contributed by atoms with Crippen LogP contribution < -0.4 is 5.32 Å². The first kappa shape index (κ1) is 20.5. The zero-order valence-corrected chi connectivity index (χ0v) is 16.5. The van der Waals surface area contributed by atoms with Crippen LogP contribution in [0.3, 0.4) is 0 Å². The summed E-state index contributed by atoms with van der Waals surface area (Å²) >= 11 is 0. The Balaban J connectivity index is 1.76. The zero-order chi connectivity index (χ0) is 21.0. The van der Waals surface area contributed by atoms with Crippen LogP contribution in [0.15, 0.2) is 71.6 Å². The molecule has 3 rings (SSSR count). The highest BCUT2D eigenvalue weighted by Gasteiger charge is 2.18. The molecule has 7 heteroatoms. The van der Waals surface area contributed by atoms with Crippen molar-refractivity contribution in [1.82, 2.24) is 0 Å². The van der Waals surface area contributed by atoms with Crippen molar-refractivity contribution in [2.75, 3.05) is 11.1 Å². The number of aliphatic carboxylic acids is 1. The van der Waals surface area contributed by atoms with Crippen molar-refractivity contribution in [3.63, 3.8) is 0 Å². The standard InChI is InChI=1S/C22H20FNO4S/c1-15-4-2-3-5-20(15)16-6-11-21(23)17(12-16)13-24-18-7-9-19(10-8-18)29(27,28)14-22(25)26/h2-12,24H,13-14H2,1H3,(H,25,26). The molecule has 0 spiro atoms. The van der Waals surface area contributed by atoms with Crippen molar-refractivity contribution in [2.45, 2.75) is 18.4 Å². The minimum Gasteiger partial charge on any atom is -0.480 e. The van der Waals surface area contributed by atoms with E-state index in [0.717, 1.165) is 16.7 Å². The highest BCUT2D eigenvalue weighted by atomic mass is 32.2. The summed E-state index contributed by atoms with van der Waals surface area (Å²) in [6.45, 7) is 2.21. The van der Waals surface area contributed by atoms with Gasteiger partial charge in [0.25, 0.3) is 0 Å². The number of benzene rings is 3. The Hall–Kier alpha value is -3.19. The maximum Gasteiger partial charge on any atom is 0.319 e. The van der Waals surface area contributed by atoms with E-state index in [1.165, 1.54) is 30.3 Å². The van der Waals surface area contributed by atoms with Gasteiger partial charge in [-0.3, -0.25) is 4.79 Å². The van der Waals surface area contributed by atoms with Crippen molar-refractivity contribution in [3.8, 4) is 11.1 Å². The average molecular weight is 413 g/mol. The van der Waals surface area contributed by atoms with Crippen LogP contribution in [0.25, 0.3) is 11.1 Å². The van der Waals surface area contributed by atoms with Crippen molar-refractivity contribution < 1.29 is 22.7 Å². The number of hydrogen-bond acceptors (Lipinski definition) is 4. The lowest BCUT2D eigenvalue weighted by atomic mass is 9.98. The van der Waals surface area contributed by atoms with Crippen LogP contribution in [0, 0.1) is 12.7 Å². The minimum atomic E-state index is -3.88. The Bertz CT molecular complexity index is 1140. The van der Waals surface area contributed by atoms with E-state index in [2.05, 4.69) is 5.32 Å². The minimum absolute atomic E-state index is 0.0711. The first-order valence-electron chi connectivity index (χ1n) is 8.89. The first-order chi connectivity index (χ1) is 13.8. The van der Waals surface area contributed by atoms with E-state index < -0.39 is 21.6 Å². The van der Waals surface area contributed by atoms with Gasteiger partial charge in [-0.2, -0.15) is 0 Å². The molecule has 0 amide bonds. The summed E-state index contributed by atoms with van der Waals surface area (Å²) in [7, 11) is -3.88.